The smallest absolute Gasteiger partial charge is 0.329 e. The minimum atomic E-state index is -0.535. The maximum Gasteiger partial charge on any atom is 0.329 e. The van der Waals surface area contributed by atoms with Gasteiger partial charge in [-0.2, -0.15) is 0 Å². The highest BCUT2D eigenvalue weighted by Crippen LogP contribution is 2.44. The maximum absolute atomic E-state index is 12.8. The Labute approximate surface area is 159 Å². The van der Waals surface area contributed by atoms with Gasteiger partial charge in [-0.15, -0.1) is 11.8 Å². The first-order valence-corrected chi connectivity index (χ1v) is 10.4. The molecule has 2 atom stereocenters. The second-order valence-corrected chi connectivity index (χ2v) is 7.67. The summed E-state index contributed by atoms with van der Waals surface area (Å²) >= 11 is 7.92. The number of carbonyl (C=O) groups excluding carboxylic acids is 2. The summed E-state index contributed by atoms with van der Waals surface area (Å²) in [5, 5.41) is 0.384. The van der Waals surface area contributed by atoms with E-state index in [1.54, 1.807) is 16.7 Å². The van der Waals surface area contributed by atoms with Crippen LogP contribution in [0.2, 0.25) is 5.02 Å². The summed E-state index contributed by atoms with van der Waals surface area (Å²) in [6, 6.07) is 6.98. The molecule has 25 heavy (non-hydrogen) atoms. The summed E-state index contributed by atoms with van der Waals surface area (Å²) < 4.78 is 5.39. The fourth-order valence-corrected chi connectivity index (χ4v) is 4.55. The van der Waals surface area contributed by atoms with Crippen LogP contribution >= 0.6 is 23.4 Å². The molecule has 1 aliphatic rings. The van der Waals surface area contributed by atoms with Crippen LogP contribution in [0.1, 0.15) is 56.9 Å². The summed E-state index contributed by atoms with van der Waals surface area (Å²) in [6.45, 7) is 4.51. The molecule has 1 fully saturated rings. The van der Waals surface area contributed by atoms with Crippen LogP contribution in [0.3, 0.4) is 0 Å². The van der Waals surface area contributed by atoms with Gasteiger partial charge in [-0.25, -0.2) is 4.79 Å². The predicted molar refractivity (Wildman–Crippen MR) is 103 cm³/mol. The van der Waals surface area contributed by atoms with Crippen molar-refractivity contribution in [1.29, 1.82) is 0 Å². The standard InChI is InChI=1S/C19H26ClNO3S/c1-3-5-11-17(22)21-16(19(23)24-12-6-4-2)13-25-18(21)14-9-7-8-10-15(14)20/h7-10,16,18H,3-6,11-13H2,1-2H3/t16-,18+/m0/s1. The van der Waals surface area contributed by atoms with Crippen molar-refractivity contribution < 1.29 is 14.3 Å². The zero-order valence-electron chi connectivity index (χ0n) is 14.9. The molecule has 0 unspecified atom stereocenters. The van der Waals surface area contributed by atoms with Gasteiger partial charge < -0.3 is 9.64 Å². The number of hydrogen-bond donors (Lipinski definition) is 0. The Hall–Kier alpha value is -1.20. The lowest BCUT2D eigenvalue weighted by Gasteiger charge is -2.29. The average molecular weight is 384 g/mol. The summed E-state index contributed by atoms with van der Waals surface area (Å²) in [6.07, 6.45) is 4.00. The molecular formula is C19H26ClNO3S. The number of nitrogens with zero attached hydrogens (tertiary/aromatic N) is 1. The van der Waals surface area contributed by atoms with Crippen LogP contribution in [-0.2, 0) is 14.3 Å². The van der Waals surface area contributed by atoms with Gasteiger partial charge in [0.25, 0.3) is 0 Å². The number of rotatable bonds is 8. The van der Waals surface area contributed by atoms with Crippen molar-refractivity contribution in [2.75, 3.05) is 12.4 Å². The Morgan fingerprint density at radius 1 is 1.24 bits per heavy atom. The van der Waals surface area contributed by atoms with Crippen LogP contribution in [0.5, 0.6) is 0 Å². The van der Waals surface area contributed by atoms with Gasteiger partial charge in [0.2, 0.25) is 5.91 Å². The van der Waals surface area contributed by atoms with E-state index in [4.69, 9.17) is 16.3 Å². The summed E-state index contributed by atoms with van der Waals surface area (Å²) in [4.78, 5) is 27.0. The Bertz CT molecular complexity index is 596. The lowest BCUT2D eigenvalue weighted by molar-refractivity contribution is -0.154. The van der Waals surface area contributed by atoms with Gasteiger partial charge >= 0.3 is 5.97 Å². The lowest BCUT2D eigenvalue weighted by Crippen LogP contribution is -2.43. The molecule has 0 N–H and O–H groups in total. The fraction of sp³-hybridized carbons (Fsp3) is 0.579. The molecule has 2 rings (SSSR count). The first-order valence-electron chi connectivity index (χ1n) is 8.94. The Morgan fingerprint density at radius 2 is 1.96 bits per heavy atom. The van der Waals surface area contributed by atoms with E-state index >= 15 is 0 Å². The molecule has 0 radical (unpaired) electrons. The highest BCUT2D eigenvalue weighted by Gasteiger charge is 2.43. The quantitative estimate of drug-likeness (QED) is 0.477. The number of hydrogen-bond acceptors (Lipinski definition) is 4. The average Bonchev–Trinajstić information content (AvgIpc) is 3.05. The highest BCUT2D eigenvalue weighted by molar-refractivity contribution is 7.99. The molecule has 1 aliphatic heterocycles. The summed E-state index contributed by atoms with van der Waals surface area (Å²) in [5.74, 6) is 0.230. The van der Waals surface area contributed by atoms with Crippen molar-refractivity contribution in [3.8, 4) is 0 Å². The van der Waals surface area contributed by atoms with Gasteiger partial charge in [0.05, 0.1) is 6.61 Å². The predicted octanol–water partition coefficient (Wildman–Crippen LogP) is 4.82. The van der Waals surface area contributed by atoms with E-state index in [-0.39, 0.29) is 17.3 Å². The molecule has 1 heterocycles. The first kappa shape index (κ1) is 20.1. The van der Waals surface area contributed by atoms with Crippen molar-refractivity contribution >= 4 is 35.2 Å². The number of benzene rings is 1. The van der Waals surface area contributed by atoms with Crippen LogP contribution in [0.25, 0.3) is 0 Å². The molecule has 4 nitrogen and oxygen atoms in total. The van der Waals surface area contributed by atoms with Crippen LogP contribution in [0.4, 0.5) is 0 Å². The third-order valence-corrected chi connectivity index (χ3v) is 5.87. The van der Waals surface area contributed by atoms with Gasteiger partial charge in [0, 0.05) is 22.8 Å². The minimum Gasteiger partial charge on any atom is -0.464 e. The number of amides is 1. The number of unbranched alkanes of at least 4 members (excludes halogenated alkanes) is 2. The number of carbonyl (C=O) groups is 2. The number of esters is 1. The number of thioether (sulfide) groups is 1. The molecule has 1 amide bonds. The summed E-state index contributed by atoms with van der Waals surface area (Å²) in [5.41, 5.74) is 0.878. The van der Waals surface area contributed by atoms with Crippen LogP contribution in [0.15, 0.2) is 24.3 Å². The molecule has 0 spiro atoms. The molecule has 138 valence electrons. The van der Waals surface area contributed by atoms with Crippen molar-refractivity contribution in [1.82, 2.24) is 4.90 Å². The van der Waals surface area contributed by atoms with E-state index in [0.29, 0.717) is 23.8 Å². The molecule has 6 heteroatoms. The summed E-state index contributed by atoms with van der Waals surface area (Å²) in [7, 11) is 0. The van der Waals surface area contributed by atoms with Crippen LogP contribution in [-0.4, -0.2) is 35.2 Å². The molecular weight excluding hydrogens is 358 g/mol. The normalized spacial score (nSPS) is 19.9. The zero-order chi connectivity index (χ0) is 18.2. The van der Waals surface area contributed by atoms with Gasteiger partial charge in [0.15, 0.2) is 0 Å². The number of halogens is 1. The molecule has 0 aliphatic carbocycles. The maximum atomic E-state index is 12.8. The van der Waals surface area contributed by atoms with E-state index in [1.165, 1.54) is 0 Å². The van der Waals surface area contributed by atoms with Crippen LogP contribution < -0.4 is 0 Å². The minimum absolute atomic E-state index is 0.00536. The second kappa shape index (κ2) is 10.1. The van der Waals surface area contributed by atoms with Crippen LogP contribution in [0, 0.1) is 0 Å². The van der Waals surface area contributed by atoms with E-state index in [2.05, 4.69) is 0 Å². The highest BCUT2D eigenvalue weighted by atomic mass is 35.5. The fourth-order valence-electron chi connectivity index (χ4n) is 2.78. The van der Waals surface area contributed by atoms with E-state index in [9.17, 15) is 9.59 Å². The van der Waals surface area contributed by atoms with Crippen molar-refractivity contribution in [2.45, 2.75) is 57.4 Å². The van der Waals surface area contributed by atoms with E-state index < -0.39 is 6.04 Å². The van der Waals surface area contributed by atoms with Gasteiger partial charge in [-0.3, -0.25) is 4.79 Å². The third-order valence-electron chi connectivity index (χ3n) is 4.22. The largest absolute Gasteiger partial charge is 0.464 e. The molecule has 1 aromatic carbocycles. The third kappa shape index (κ3) is 5.14. The SMILES string of the molecule is CCCCOC(=O)[C@@H]1CS[C@H](c2ccccc2Cl)N1C(=O)CCCC. The lowest BCUT2D eigenvalue weighted by atomic mass is 10.1. The molecule has 0 aromatic heterocycles. The zero-order valence-corrected chi connectivity index (χ0v) is 16.4. The molecule has 0 saturated carbocycles. The van der Waals surface area contributed by atoms with Gasteiger partial charge in [-0.05, 0) is 18.9 Å². The first-order chi connectivity index (χ1) is 12.1. The number of ether oxygens (including phenoxy) is 1. The molecule has 1 aromatic rings. The Balaban J connectivity index is 2.20. The topological polar surface area (TPSA) is 46.6 Å². The van der Waals surface area contributed by atoms with Crippen molar-refractivity contribution in [3.63, 3.8) is 0 Å². The Kier molecular flexibility index (Phi) is 8.10. The van der Waals surface area contributed by atoms with Crippen molar-refractivity contribution in [2.24, 2.45) is 0 Å². The monoisotopic (exact) mass is 383 g/mol. The van der Waals surface area contributed by atoms with Crippen molar-refractivity contribution in [3.05, 3.63) is 34.9 Å². The van der Waals surface area contributed by atoms with E-state index in [1.807, 2.05) is 38.1 Å². The van der Waals surface area contributed by atoms with Gasteiger partial charge in [0.1, 0.15) is 11.4 Å². The Morgan fingerprint density at radius 3 is 2.64 bits per heavy atom. The van der Waals surface area contributed by atoms with Gasteiger partial charge in [-0.1, -0.05) is 56.5 Å². The molecule has 0 bridgehead atoms. The van der Waals surface area contributed by atoms with E-state index in [0.717, 1.165) is 31.2 Å². The second-order valence-electron chi connectivity index (χ2n) is 6.15. The molecule has 1 saturated heterocycles.